The fourth-order valence-corrected chi connectivity index (χ4v) is 19.6. The zero-order valence-electron chi connectivity index (χ0n) is 46.0. The Morgan fingerprint density at radius 3 is 1.31 bits per heavy atom. The molecule has 0 fully saturated rings. The van der Waals surface area contributed by atoms with E-state index < -0.39 is 22.4 Å². The molecule has 0 saturated heterocycles. The quantitative estimate of drug-likeness (QED) is 0.106. The maximum absolute atomic E-state index is 14.2. The lowest BCUT2D eigenvalue weighted by Gasteiger charge is -2.19. The first kappa shape index (κ1) is 54.3. The molecule has 0 saturated carbocycles. The Balaban J connectivity index is 0.836. The molecule has 0 spiro atoms. The number of rotatable bonds is 7. The fourth-order valence-electron chi connectivity index (χ4n) is 12.2. The Bertz CT molecular complexity index is 5420. The number of allylic oxidation sites excluding steroid dienone is 6. The number of ketones is 2. The van der Waals surface area contributed by atoms with E-state index in [4.69, 9.17) is 23.7 Å². The summed E-state index contributed by atoms with van der Waals surface area (Å²) in [5, 5.41) is 89.7. The predicted molar refractivity (Wildman–Crippen MR) is 335 cm³/mol. The Morgan fingerprint density at radius 1 is 0.517 bits per heavy atom. The zero-order chi connectivity index (χ0) is 60.9. The first-order valence-electron chi connectivity index (χ1n) is 26.4. The van der Waals surface area contributed by atoms with Gasteiger partial charge in [-0.25, -0.2) is 0 Å². The second-order valence-electron chi connectivity index (χ2n) is 21.6. The van der Waals surface area contributed by atoms with Gasteiger partial charge in [0.25, 0.3) is 0 Å². The fraction of sp³-hybridized carbons (Fsp3) is 0.138. The zero-order valence-corrected chi connectivity index (χ0v) is 50.9. The number of nitriles is 8. The highest BCUT2D eigenvalue weighted by atomic mass is 32.1. The van der Waals surface area contributed by atoms with Crippen molar-refractivity contribution in [1.82, 2.24) is 15.0 Å². The summed E-state index contributed by atoms with van der Waals surface area (Å²) in [4.78, 5) is 39.3. The number of carbonyl (C=O) groups is 2. The van der Waals surface area contributed by atoms with Crippen LogP contribution in [0, 0.1) is 90.6 Å². The van der Waals surface area contributed by atoms with Gasteiger partial charge in [-0.3, -0.25) is 9.59 Å². The van der Waals surface area contributed by atoms with Crippen LogP contribution in [-0.2, 0) is 28.7 Å². The van der Waals surface area contributed by atoms with E-state index in [0.29, 0.717) is 39.6 Å². The van der Waals surface area contributed by atoms with Crippen LogP contribution in [0.15, 0.2) is 85.6 Å². The molecule has 410 valence electrons. The lowest BCUT2D eigenvalue weighted by molar-refractivity contribution is 0.103. The van der Waals surface area contributed by atoms with E-state index in [9.17, 15) is 51.7 Å². The molecule has 16 nitrogen and oxygen atoms in total. The molecular weight excluding hydrogens is 1200 g/mol. The molecule has 3 aromatic carbocycles. The summed E-state index contributed by atoms with van der Waals surface area (Å²) >= 11 is 8.96. The standard InChI is InChI=1S/C65H31N13O3S6/c1-7-78-74-53-51(46-16-42-60(84-46)59-41(64(42,2)3)14-33(82-59)12-39-49(31(23-70)24-71)35-8-27(19-66)29(21-68)10-37(35)57(39)79)55-56(77-87-76-55)52(54(53)75-78)47-17-43-61(85-47)62-44(65(43,4)5)18-48(86-62)63-45(81-6)15-34(83-63)13-40-50(32(25-72)26-73)36-9-28(20-67)30(22-69)11-38(36)58(40)80/h8-18H,7H2,1-6H3/b39-12-,40-13-. The minimum absolute atomic E-state index is 0.0170. The number of hydrogen-bond acceptors (Lipinski definition) is 20. The van der Waals surface area contributed by atoms with Crippen LogP contribution in [0.4, 0.5) is 11.4 Å². The maximum atomic E-state index is 14.2. The number of aromatic nitrogens is 3. The number of carbonyl (C=O) groups excluding carboxylic acids is 2. The van der Waals surface area contributed by atoms with Crippen molar-refractivity contribution in [1.29, 1.82) is 42.1 Å². The van der Waals surface area contributed by atoms with Gasteiger partial charge in [0.05, 0.1) is 63.3 Å². The third-order valence-corrected chi connectivity index (χ3v) is 23.1. The Hall–Kier alpha value is -10.6. The molecule has 9 aromatic rings. The first-order chi connectivity index (χ1) is 42.0. The third-order valence-electron chi connectivity index (χ3n) is 16.5. The number of methoxy groups -OCH3 is 1. The van der Waals surface area contributed by atoms with Gasteiger partial charge in [-0.05, 0) is 107 Å². The van der Waals surface area contributed by atoms with Crippen LogP contribution in [0.3, 0.4) is 0 Å². The molecule has 0 N–H and O–H groups in total. The van der Waals surface area contributed by atoms with Crippen LogP contribution >= 0.6 is 56.7 Å². The summed E-state index contributed by atoms with van der Waals surface area (Å²) in [5.74, 6) is -0.347. The van der Waals surface area contributed by atoms with E-state index in [2.05, 4.69) is 45.9 Å². The number of thiophene rings is 5. The topological polar surface area (TPSA) is 289 Å². The van der Waals surface area contributed by atoms with Gasteiger partial charge in [0.2, 0.25) is 0 Å². The lowest BCUT2D eigenvalue weighted by atomic mass is 9.83. The number of hydrogen-bond donors (Lipinski definition) is 0. The molecule has 1 aliphatic heterocycles. The number of aryl methyl sites for hydroxylation is 1. The molecule has 22 heteroatoms. The lowest BCUT2D eigenvalue weighted by Crippen LogP contribution is -2.13. The van der Waals surface area contributed by atoms with Gasteiger partial charge in [0, 0.05) is 88.1 Å². The molecule has 0 atom stereocenters. The van der Waals surface area contributed by atoms with Crippen molar-refractivity contribution in [2.24, 2.45) is 8.73 Å². The van der Waals surface area contributed by atoms with Crippen LogP contribution in [0.25, 0.3) is 84.5 Å². The monoisotopic (exact) mass is 1230 g/mol. The molecule has 7 heterocycles. The highest BCUT2D eigenvalue weighted by Crippen LogP contribution is 2.64. The van der Waals surface area contributed by atoms with Gasteiger partial charge in [-0.1, -0.05) is 27.7 Å². The first-order valence-corrected chi connectivity index (χ1v) is 31.2. The molecule has 4 aliphatic carbocycles. The largest absolute Gasteiger partial charge is 0.495 e. The van der Waals surface area contributed by atoms with Gasteiger partial charge < -0.3 is 4.74 Å². The average molecular weight is 1230 g/mol. The summed E-state index contributed by atoms with van der Waals surface area (Å²) in [6.07, 6.45) is 3.34. The van der Waals surface area contributed by atoms with Crippen molar-refractivity contribution in [3.8, 4) is 104 Å². The smallest absolute Gasteiger partial charge is 0.194 e. The van der Waals surface area contributed by atoms with Crippen molar-refractivity contribution >= 4 is 125 Å². The Kier molecular flexibility index (Phi) is 12.2. The van der Waals surface area contributed by atoms with Crippen LogP contribution in [0.1, 0.15) is 121 Å². The molecule has 87 heavy (non-hydrogen) atoms. The number of ether oxygens (including phenoxy) is 1. The normalized spacial score (nSPS) is 15.5. The molecule has 5 aliphatic rings. The van der Waals surface area contributed by atoms with Crippen molar-refractivity contribution in [3.05, 3.63) is 153 Å². The number of benzene rings is 3. The second-order valence-corrected chi connectivity index (χ2v) is 27.5. The van der Waals surface area contributed by atoms with Crippen LogP contribution in [-0.4, -0.2) is 33.7 Å². The molecule has 14 rings (SSSR count). The second kappa shape index (κ2) is 19.5. The average Bonchev–Trinajstić information content (AvgIpc) is 1.56. The van der Waals surface area contributed by atoms with E-state index in [1.165, 1.54) is 46.9 Å². The summed E-state index contributed by atoms with van der Waals surface area (Å²) in [7, 11) is 1.58. The predicted octanol–water partition coefficient (Wildman–Crippen LogP) is 15.8. The van der Waals surface area contributed by atoms with Gasteiger partial charge in [-0.2, -0.15) is 65.8 Å². The third kappa shape index (κ3) is 7.59. The molecule has 0 amide bonds. The number of Topliss-reactive ketones (excluding diaryl/α,β-unsaturated/α-hetero) is 2. The Morgan fingerprint density at radius 2 is 0.897 bits per heavy atom. The van der Waals surface area contributed by atoms with Crippen LogP contribution in [0.2, 0.25) is 0 Å². The SMILES string of the molecule is CCn1nc2c(-c3cc4c(s3)-c3sc(/C=C5\C(=O)c6cc(C#N)c(C#N)cc6C5=C(C#N)C#N)cc3C4(C)C)c3c(c(-c4cc5c(s4)-c4sc(-c6sc(/C=C7\C(=O)c8cc(C#N)c(C#N)cc8C7=C(C#N)C#N)cc6OC)cc4C5(C)C)c2n1)N=S=N3. The van der Waals surface area contributed by atoms with Crippen molar-refractivity contribution in [3.63, 3.8) is 0 Å². The van der Waals surface area contributed by atoms with Gasteiger partial charge in [0.15, 0.2) is 11.6 Å². The van der Waals surface area contributed by atoms with E-state index >= 15 is 0 Å². The highest BCUT2D eigenvalue weighted by Gasteiger charge is 2.44. The molecule has 6 aromatic heterocycles. The number of nitrogens with zero attached hydrogens (tertiary/aromatic N) is 13. The van der Waals surface area contributed by atoms with Crippen molar-refractivity contribution in [2.75, 3.05) is 7.11 Å². The van der Waals surface area contributed by atoms with Crippen LogP contribution < -0.4 is 4.74 Å². The van der Waals surface area contributed by atoms with Crippen LogP contribution in [0.5, 0.6) is 5.75 Å². The molecule has 0 unspecified atom stereocenters. The molecule has 0 bridgehead atoms. The Labute approximate surface area is 518 Å². The minimum atomic E-state index is -0.483. The molecule has 0 radical (unpaired) electrons. The van der Waals surface area contributed by atoms with E-state index in [1.807, 2.05) is 67.6 Å². The van der Waals surface area contributed by atoms with Gasteiger partial charge >= 0.3 is 0 Å². The summed E-state index contributed by atoms with van der Waals surface area (Å²) in [6, 6.07) is 31.7. The summed E-state index contributed by atoms with van der Waals surface area (Å²) in [5.41, 5.74) is 8.85. The summed E-state index contributed by atoms with van der Waals surface area (Å²) in [6.45, 7) is 11.2. The minimum Gasteiger partial charge on any atom is -0.495 e. The number of fused-ring (bicyclic) bond motifs is 10. The summed E-state index contributed by atoms with van der Waals surface area (Å²) < 4.78 is 16.0. The van der Waals surface area contributed by atoms with Crippen molar-refractivity contribution < 1.29 is 14.3 Å². The van der Waals surface area contributed by atoms with E-state index in [-0.39, 0.29) is 77.9 Å². The van der Waals surface area contributed by atoms with E-state index in [1.54, 1.807) is 58.1 Å². The molecular formula is C65H31N13O3S6. The van der Waals surface area contributed by atoms with Gasteiger partial charge in [0.1, 0.15) is 87.9 Å². The van der Waals surface area contributed by atoms with Crippen molar-refractivity contribution in [2.45, 2.75) is 52.0 Å². The highest BCUT2D eigenvalue weighted by molar-refractivity contribution is 7.58. The maximum Gasteiger partial charge on any atom is 0.194 e. The van der Waals surface area contributed by atoms with E-state index in [0.717, 1.165) is 88.6 Å². The van der Waals surface area contributed by atoms with Gasteiger partial charge in [-0.15, -0.1) is 56.7 Å².